The number of carbonyl (C=O) groups excluding carboxylic acids is 1. The van der Waals surface area contributed by atoms with E-state index in [0.29, 0.717) is 12.2 Å². The molecule has 5 heteroatoms. The summed E-state index contributed by atoms with van der Waals surface area (Å²) in [4.78, 5) is 16.5. The number of benzene rings is 2. The molecule has 5 nitrogen and oxygen atoms in total. The van der Waals surface area contributed by atoms with E-state index in [-0.39, 0.29) is 5.91 Å². The van der Waals surface area contributed by atoms with Gasteiger partial charge in [0, 0.05) is 12.2 Å². The molecule has 1 amide bonds. The zero-order valence-electron chi connectivity index (χ0n) is 16.5. The fraction of sp³-hybridized carbons (Fsp3) is 0.217. The highest BCUT2D eigenvalue weighted by Crippen LogP contribution is 2.19. The highest BCUT2D eigenvalue weighted by Gasteiger charge is 2.07. The molecule has 3 rings (SSSR count). The predicted octanol–water partition coefficient (Wildman–Crippen LogP) is 4.42. The number of nitrogens with one attached hydrogen (secondary N) is 2. The number of nitrogens with zero attached hydrogens (tertiary/aromatic N) is 1. The van der Waals surface area contributed by atoms with E-state index in [1.807, 2.05) is 36.4 Å². The zero-order chi connectivity index (χ0) is 19.9. The Morgan fingerprint density at radius 3 is 2.36 bits per heavy atom. The number of hydrogen-bond acceptors (Lipinski definition) is 4. The largest absolute Gasteiger partial charge is 0.497 e. The molecule has 144 valence electrons. The van der Waals surface area contributed by atoms with E-state index >= 15 is 0 Å². The summed E-state index contributed by atoms with van der Waals surface area (Å²) in [5.74, 6) is 0.651. The van der Waals surface area contributed by atoms with Crippen LogP contribution in [-0.2, 0) is 6.42 Å². The van der Waals surface area contributed by atoms with Crippen LogP contribution in [0, 0.1) is 13.8 Å². The molecule has 0 aliphatic carbocycles. The molecule has 0 atom stereocenters. The van der Waals surface area contributed by atoms with Crippen molar-refractivity contribution in [1.82, 2.24) is 10.3 Å². The first-order valence-electron chi connectivity index (χ1n) is 9.26. The van der Waals surface area contributed by atoms with Crippen molar-refractivity contribution < 1.29 is 9.53 Å². The zero-order valence-corrected chi connectivity index (χ0v) is 16.5. The van der Waals surface area contributed by atoms with Crippen molar-refractivity contribution in [2.45, 2.75) is 20.3 Å². The molecule has 0 aliphatic heterocycles. The summed E-state index contributed by atoms with van der Waals surface area (Å²) in [6.07, 6.45) is 2.43. The average molecular weight is 375 g/mol. The Hall–Kier alpha value is -3.34. The Labute approximate surface area is 165 Å². The third-order valence-corrected chi connectivity index (χ3v) is 4.65. The van der Waals surface area contributed by atoms with Crippen molar-refractivity contribution in [1.29, 1.82) is 0 Å². The molecule has 0 unspecified atom stereocenters. The Morgan fingerprint density at radius 2 is 1.71 bits per heavy atom. The molecule has 28 heavy (non-hydrogen) atoms. The van der Waals surface area contributed by atoms with Crippen molar-refractivity contribution in [3.05, 3.63) is 83.2 Å². The lowest BCUT2D eigenvalue weighted by atomic mass is 10.1. The fourth-order valence-corrected chi connectivity index (χ4v) is 2.79. The highest BCUT2D eigenvalue weighted by atomic mass is 16.5. The summed E-state index contributed by atoms with van der Waals surface area (Å²) in [7, 11) is 1.64. The summed E-state index contributed by atoms with van der Waals surface area (Å²) in [6.45, 7) is 4.72. The lowest BCUT2D eigenvalue weighted by Gasteiger charge is -2.09. The van der Waals surface area contributed by atoms with Gasteiger partial charge in [0.1, 0.15) is 11.4 Å². The van der Waals surface area contributed by atoms with E-state index in [9.17, 15) is 4.79 Å². The average Bonchev–Trinajstić information content (AvgIpc) is 2.72. The second-order valence-electron chi connectivity index (χ2n) is 6.71. The second-order valence-corrected chi connectivity index (χ2v) is 6.71. The third kappa shape index (κ3) is 5.10. The van der Waals surface area contributed by atoms with E-state index in [0.717, 1.165) is 29.1 Å². The topological polar surface area (TPSA) is 63.2 Å². The van der Waals surface area contributed by atoms with Gasteiger partial charge in [0.25, 0.3) is 5.91 Å². The van der Waals surface area contributed by atoms with Crippen LogP contribution in [0.15, 0.2) is 60.8 Å². The lowest BCUT2D eigenvalue weighted by molar-refractivity contribution is 0.0949. The van der Waals surface area contributed by atoms with Gasteiger partial charge in [0.2, 0.25) is 0 Å². The summed E-state index contributed by atoms with van der Waals surface area (Å²) in [5.41, 5.74) is 5.87. The van der Waals surface area contributed by atoms with E-state index in [1.165, 1.54) is 11.1 Å². The van der Waals surface area contributed by atoms with Crippen LogP contribution in [0.1, 0.15) is 27.2 Å². The van der Waals surface area contributed by atoms with Crippen molar-refractivity contribution in [3.63, 3.8) is 0 Å². The molecule has 0 saturated carbocycles. The number of ether oxygens (including phenoxy) is 1. The Morgan fingerprint density at radius 1 is 0.964 bits per heavy atom. The van der Waals surface area contributed by atoms with Crippen LogP contribution in [0.3, 0.4) is 0 Å². The Bertz CT molecular complexity index is 935. The van der Waals surface area contributed by atoms with Crippen LogP contribution < -0.4 is 15.4 Å². The van der Waals surface area contributed by atoms with Crippen LogP contribution in [0.25, 0.3) is 0 Å². The summed E-state index contributed by atoms with van der Waals surface area (Å²) < 4.78 is 5.14. The minimum absolute atomic E-state index is 0.175. The predicted molar refractivity (Wildman–Crippen MR) is 112 cm³/mol. The molecule has 3 aromatic rings. The third-order valence-electron chi connectivity index (χ3n) is 4.65. The maximum atomic E-state index is 12.3. The van der Waals surface area contributed by atoms with Crippen LogP contribution in [0.4, 0.5) is 11.4 Å². The summed E-state index contributed by atoms with van der Waals surface area (Å²) >= 11 is 0. The van der Waals surface area contributed by atoms with E-state index in [1.54, 1.807) is 19.4 Å². The first-order chi connectivity index (χ1) is 13.5. The van der Waals surface area contributed by atoms with Crippen molar-refractivity contribution >= 4 is 17.3 Å². The molecular weight excluding hydrogens is 350 g/mol. The molecule has 0 bridgehead atoms. The summed E-state index contributed by atoms with van der Waals surface area (Å²) in [6, 6.07) is 17.6. The Kier molecular flexibility index (Phi) is 6.27. The normalized spacial score (nSPS) is 10.4. The molecule has 0 saturated heterocycles. The van der Waals surface area contributed by atoms with Crippen LogP contribution in [-0.4, -0.2) is 24.5 Å². The van der Waals surface area contributed by atoms with Crippen molar-refractivity contribution in [2.75, 3.05) is 19.0 Å². The van der Waals surface area contributed by atoms with E-state index in [4.69, 9.17) is 4.74 Å². The number of amides is 1. The highest BCUT2D eigenvalue weighted by molar-refractivity contribution is 5.92. The molecule has 0 radical (unpaired) electrons. The van der Waals surface area contributed by atoms with Crippen molar-refractivity contribution in [3.8, 4) is 5.75 Å². The van der Waals surface area contributed by atoms with Gasteiger partial charge in [-0.1, -0.05) is 18.2 Å². The molecule has 1 heterocycles. The van der Waals surface area contributed by atoms with Gasteiger partial charge in [0.15, 0.2) is 0 Å². The summed E-state index contributed by atoms with van der Waals surface area (Å²) in [5, 5.41) is 6.21. The van der Waals surface area contributed by atoms with Gasteiger partial charge in [-0.2, -0.15) is 0 Å². The Balaban J connectivity index is 1.52. The molecule has 2 aromatic carbocycles. The van der Waals surface area contributed by atoms with Gasteiger partial charge in [-0.25, -0.2) is 4.98 Å². The smallest absolute Gasteiger partial charge is 0.269 e. The number of anilines is 2. The minimum atomic E-state index is -0.175. The standard InChI is InChI=1S/C23H25N3O2/c1-16-4-7-19(14-17(16)2)26-20-8-11-22(25-15-20)23(27)24-13-12-18-5-9-21(28-3)10-6-18/h4-11,14-15,26H,12-13H2,1-3H3,(H,24,27). The number of pyridine rings is 1. The lowest BCUT2D eigenvalue weighted by Crippen LogP contribution is -2.26. The SMILES string of the molecule is COc1ccc(CCNC(=O)c2ccc(Nc3ccc(C)c(C)c3)cn2)cc1. The number of rotatable bonds is 7. The van der Waals surface area contributed by atoms with E-state index < -0.39 is 0 Å². The molecule has 2 N–H and O–H groups in total. The quantitative estimate of drug-likeness (QED) is 0.641. The molecule has 1 aromatic heterocycles. The first kappa shape index (κ1) is 19.4. The van der Waals surface area contributed by atoms with Gasteiger partial charge < -0.3 is 15.4 Å². The monoisotopic (exact) mass is 375 g/mol. The maximum absolute atomic E-state index is 12.3. The number of methoxy groups -OCH3 is 1. The van der Waals surface area contributed by atoms with Crippen LogP contribution in [0.5, 0.6) is 5.75 Å². The number of hydrogen-bond donors (Lipinski definition) is 2. The molecule has 0 fully saturated rings. The minimum Gasteiger partial charge on any atom is -0.497 e. The van der Waals surface area contributed by atoms with Crippen LogP contribution in [0.2, 0.25) is 0 Å². The first-order valence-corrected chi connectivity index (χ1v) is 9.26. The maximum Gasteiger partial charge on any atom is 0.269 e. The van der Waals surface area contributed by atoms with Gasteiger partial charge >= 0.3 is 0 Å². The van der Waals surface area contributed by atoms with E-state index in [2.05, 4.69) is 41.6 Å². The number of aromatic nitrogens is 1. The second kappa shape index (κ2) is 9.04. The van der Waals surface area contributed by atoms with Gasteiger partial charge in [0.05, 0.1) is 19.0 Å². The molecule has 0 aliphatic rings. The number of carbonyl (C=O) groups is 1. The van der Waals surface area contributed by atoms with Gasteiger partial charge in [-0.05, 0) is 73.4 Å². The van der Waals surface area contributed by atoms with Gasteiger partial charge in [-0.15, -0.1) is 0 Å². The van der Waals surface area contributed by atoms with Gasteiger partial charge in [-0.3, -0.25) is 4.79 Å². The van der Waals surface area contributed by atoms with Crippen molar-refractivity contribution in [2.24, 2.45) is 0 Å². The fourth-order valence-electron chi connectivity index (χ4n) is 2.79. The molecular formula is C23H25N3O2. The van der Waals surface area contributed by atoms with Crippen LogP contribution >= 0.6 is 0 Å². The molecule has 0 spiro atoms. The number of aryl methyl sites for hydroxylation is 2.